The second kappa shape index (κ2) is 7.41. The molecule has 1 aromatic rings. The summed E-state index contributed by atoms with van der Waals surface area (Å²) in [5.41, 5.74) is 6.88. The Kier molecular flexibility index (Phi) is 5.82. The van der Waals surface area contributed by atoms with Crippen molar-refractivity contribution in [3.05, 3.63) is 18.2 Å². The molecule has 4 heteroatoms. The third kappa shape index (κ3) is 3.49. The molecule has 120 valence electrons. The Morgan fingerprint density at radius 2 is 2.10 bits per heavy atom. The van der Waals surface area contributed by atoms with Crippen molar-refractivity contribution in [1.29, 1.82) is 0 Å². The first kappa shape index (κ1) is 16.5. The minimum Gasteiger partial charge on any atom is -0.386 e. The highest BCUT2D eigenvalue weighted by molar-refractivity contribution is 5.09. The normalized spacial score (nSPS) is 27.7. The molecule has 21 heavy (non-hydrogen) atoms. The van der Waals surface area contributed by atoms with Gasteiger partial charge in [-0.3, -0.25) is 0 Å². The van der Waals surface area contributed by atoms with E-state index in [0.29, 0.717) is 6.54 Å². The van der Waals surface area contributed by atoms with Crippen LogP contribution < -0.4 is 5.73 Å². The van der Waals surface area contributed by atoms with Crippen LogP contribution in [0.3, 0.4) is 0 Å². The van der Waals surface area contributed by atoms with Crippen LogP contribution in [-0.4, -0.2) is 21.2 Å². The SMILES string of the molecule is CCCC1CCC(CN)(C(O)c2cncn2CCC)CC1. The Balaban J connectivity index is 2.11. The predicted molar refractivity (Wildman–Crippen MR) is 85.8 cm³/mol. The smallest absolute Gasteiger partial charge is 0.102 e. The van der Waals surface area contributed by atoms with Crippen LogP contribution >= 0.6 is 0 Å². The highest BCUT2D eigenvalue weighted by Crippen LogP contribution is 2.47. The molecule has 0 spiro atoms. The number of aromatic nitrogens is 2. The molecule has 0 saturated heterocycles. The van der Waals surface area contributed by atoms with Crippen LogP contribution in [-0.2, 0) is 6.54 Å². The van der Waals surface area contributed by atoms with Crippen LogP contribution in [0.4, 0.5) is 0 Å². The number of aryl methyl sites for hydroxylation is 1. The highest BCUT2D eigenvalue weighted by atomic mass is 16.3. The van der Waals surface area contributed by atoms with Crippen molar-refractivity contribution in [2.75, 3.05) is 6.54 Å². The standard InChI is InChI=1S/C17H31N3O/c1-3-5-14-6-8-17(12-18,9-7-14)16(21)15-11-19-13-20(15)10-4-2/h11,13-14,16,21H,3-10,12,18H2,1-2H3. The molecular weight excluding hydrogens is 262 g/mol. The lowest BCUT2D eigenvalue weighted by atomic mass is 9.66. The molecule has 1 unspecified atom stereocenters. The number of aliphatic hydroxyl groups excluding tert-OH is 1. The second-order valence-corrected chi connectivity index (χ2v) is 6.71. The number of nitrogens with zero attached hydrogens (tertiary/aromatic N) is 2. The first-order valence-electron chi connectivity index (χ1n) is 8.55. The van der Waals surface area contributed by atoms with Gasteiger partial charge in [0.05, 0.1) is 18.2 Å². The Bertz CT molecular complexity index is 421. The van der Waals surface area contributed by atoms with Gasteiger partial charge in [0.1, 0.15) is 6.10 Å². The molecule has 0 radical (unpaired) electrons. The van der Waals surface area contributed by atoms with Crippen LogP contribution in [0.5, 0.6) is 0 Å². The molecule has 1 saturated carbocycles. The molecule has 1 aliphatic carbocycles. The maximum Gasteiger partial charge on any atom is 0.102 e. The van der Waals surface area contributed by atoms with Crippen molar-refractivity contribution < 1.29 is 5.11 Å². The molecule has 0 bridgehead atoms. The quantitative estimate of drug-likeness (QED) is 0.811. The summed E-state index contributed by atoms with van der Waals surface area (Å²) in [6.45, 7) is 5.86. The molecule has 4 nitrogen and oxygen atoms in total. The van der Waals surface area contributed by atoms with E-state index in [1.807, 2.05) is 12.5 Å². The topological polar surface area (TPSA) is 64.1 Å². The number of hydrogen-bond donors (Lipinski definition) is 2. The average molecular weight is 293 g/mol. The van der Waals surface area contributed by atoms with Gasteiger partial charge in [0, 0.05) is 18.5 Å². The summed E-state index contributed by atoms with van der Waals surface area (Å²) >= 11 is 0. The summed E-state index contributed by atoms with van der Waals surface area (Å²) in [6, 6.07) is 0. The Hall–Kier alpha value is -0.870. The first-order valence-corrected chi connectivity index (χ1v) is 8.55. The van der Waals surface area contributed by atoms with Gasteiger partial charge >= 0.3 is 0 Å². The van der Waals surface area contributed by atoms with E-state index >= 15 is 0 Å². The van der Waals surface area contributed by atoms with Crippen LogP contribution in [0.1, 0.15) is 70.6 Å². The van der Waals surface area contributed by atoms with E-state index in [2.05, 4.69) is 23.4 Å². The molecule has 0 aromatic carbocycles. The molecule has 1 heterocycles. The molecule has 3 N–H and O–H groups in total. The number of aliphatic hydroxyl groups is 1. The molecule has 0 amide bonds. The van der Waals surface area contributed by atoms with Crippen molar-refractivity contribution in [1.82, 2.24) is 9.55 Å². The molecule has 1 atom stereocenters. The van der Waals surface area contributed by atoms with Gasteiger partial charge in [-0.1, -0.05) is 26.7 Å². The van der Waals surface area contributed by atoms with Gasteiger partial charge in [-0.05, 0) is 38.0 Å². The number of hydrogen-bond acceptors (Lipinski definition) is 3. The Morgan fingerprint density at radius 1 is 1.38 bits per heavy atom. The zero-order valence-corrected chi connectivity index (χ0v) is 13.6. The zero-order chi connectivity index (χ0) is 15.3. The highest BCUT2D eigenvalue weighted by Gasteiger charge is 2.41. The number of rotatable bonds is 7. The van der Waals surface area contributed by atoms with Crippen LogP contribution in [0.2, 0.25) is 0 Å². The van der Waals surface area contributed by atoms with E-state index in [1.165, 1.54) is 25.7 Å². The fourth-order valence-electron chi connectivity index (χ4n) is 3.84. The largest absolute Gasteiger partial charge is 0.386 e. The maximum atomic E-state index is 11.0. The minimum atomic E-state index is -0.487. The molecule has 0 aliphatic heterocycles. The van der Waals surface area contributed by atoms with E-state index < -0.39 is 6.10 Å². The summed E-state index contributed by atoms with van der Waals surface area (Å²) in [5, 5.41) is 11.0. The molecular formula is C17H31N3O. The van der Waals surface area contributed by atoms with E-state index in [-0.39, 0.29) is 5.41 Å². The predicted octanol–water partition coefficient (Wildman–Crippen LogP) is 3.26. The molecule has 1 aliphatic rings. The van der Waals surface area contributed by atoms with Gasteiger partial charge in [0.15, 0.2) is 0 Å². The van der Waals surface area contributed by atoms with Gasteiger partial charge < -0.3 is 15.4 Å². The molecule has 1 fully saturated rings. The van der Waals surface area contributed by atoms with Crippen LogP contribution in [0.15, 0.2) is 12.5 Å². The lowest BCUT2D eigenvalue weighted by molar-refractivity contribution is -0.0155. The fourth-order valence-corrected chi connectivity index (χ4v) is 3.84. The van der Waals surface area contributed by atoms with E-state index in [1.54, 1.807) is 0 Å². The van der Waals surface area contributed by atoms with Gasteiger partial charge in [0.2, 0.25) is 0 Å². The third-order valence-corrected chi connectivity index (χ3v) is 5.27. The lowest BCUT2D eigenvalue weighted by Crippen LogP contribution is -2.41. The molecule has 2 rings (SSSR count). The van der Waals surface area contributed by atoms with Crippen LogP contribution in [0, 0.1) is 11.3 Å². The van der Waals surface area contributed by atoms with Crippen LogP contribution in [0.25, 0.3) is 0 Å². The van der Waals surface area contributed by atoms with Gasteiger partial charge in [-0.15, -0.1) is 0 Å². The van der Waals surface area contributed by atoms with Gasteiger partial charge in [-0.2, -0.15) is 0 Å². The van der Waals surface area contributed by atoms with Gasteiger partial charge in [0.25, 0.3) is 0 Å². The summed E-state index contributed by atoms with van der Waals surface area (Å²) in [7, 11) is 0. The Labute approximate surface area is 128 Å². The maximum absolute atomic E-state index is 11.0. The van der Waals surface area contributed by atoms with Crippen molar-refractivity contribution in [3.8, 4) is 0 Å². The lowest BCUT2D eigenvalue weighted by Gasteiger charge is -2.43. The zero-order valence-electron chi connectivity index (χ0n) is 13.6. The monoisotopic (exact) mass is 293 g/mol. The second-order valence-electron chi connectivity index (χ2n) is 6.71. The van der Waals surface area contributed by atoms with E-state index in [9.17, 15) is 5.11 Å². The summed E-state index contributed by atoms with van der Waals surface area (Å²) in [4.78, 5) is 4.23. The minimum absolute atomic E-state index is 0.157. The molecule has 1 aromatic heterocycles. The van der Waals surface area contributed by atoms with Crippen molar-refractivity contribution in [2.24, 2.45) is 17.1 Å². The van der Waals surface area contributed by atoms with Crippen molar-refractivity contribution >= 4 is 0 Å². The number of nitrogens with two attached hydrogens (primary N) is 1. The Morgan fingerprint density at radius 3 is 2.67 bits per heavy atom. The van der Waals surface area contributed by atoms with Crippen molar-refractivity contribution in [3.63, 3.8) is 0 Å². The summed E-state index contributed by atoms with van der Waals surface area (Å²) in [5.74, 6) is 0.822. The van der Waals surface area contributed by atoms with Gasteiger partial charge in [-0.25, -0.2) is 4.98 Å². The third-order valence-electron chi connectivity index (χ3n) is 5.27. The average Bonchev–Trinajstić information content (AvgIpc) is 2.96. The summed E-state index contributed by atoms with van der Waals surface area (Å²) in [6.07, 6.45) is 11.2. The summed E-state index contributed by atoms with van der Waals surface area (Å²) < 4.78 is 2.08. The van der Waals surface area contributed by atoms with Crippen molar-refractivity contribution in [2.45, 2.75) is 71.4 Å². The van der Waals surface area contributed by atoms with E-state index in [4.69, 9.17) is 5.73 Å². The number of imidazole rings is 1. The fraction of sp³-hybridized carbons (Fsp3) is 0.824. The van der Waals surface area contributed by atoms with E-state index in [0.717, 1.165) is 37.4 Å². The first-order chi connectivity index (χ1) is 10.2.